The normalized spacial score (nSPS) is 19.3. The summed E-state index contributed by atoms with van der Waals surface area (Å²) in [6.45, 7) is 0.670. The summed E-state index contributed by atoms with van der Waals surface area (Å²) < 4.78 is 11.0. The quantitative estimate of drug-likeness (QED) is 0.563. The maximum Gasteiger partial charge on any atom is 0.411 e. The third-order valence-corrected chi connectivity index (χ3v) is 7.57. The summed E-state index contributed by atoms with van der Waals surface area (Å²) in [6.07, 6.45) is 2.24. The third kappa shape index (κ3) is 3.56. The van der Waals surface area contributed by atoms with E-state index in [0.29, 0.717) is 6.54 Å². The zero-order chi connectivity index (χ0) is 24.2. The molecule has 6 rings (SSSR count). The van der Waals surface area contributed by atoms with E-state index in [9.17, 15) is 19.5 Å². The number of fused-ring (bicyclic) bond motifs is 3. The number of carbonyl (C=O) groups is 3. The first kappa shape index (κ1) is 21.5. The van der Waals surface area contributed by atoms with Gasteiger partial charge in [-0.25, -0.2) is 4.79 Å². The van der Waals surface area contributed by atoms with Gasteiger partial charge in [-0.1, -0.05) is 48.5 Å². The highest BCUT2D eigenvalue weighted by molar-refractivity contribution is 6.00. The number of aliphatic carboxylic acids is 1. The zero-order valence-electron chi connectivity index (χ0n) is 18.9. The molecule has 2 fully saturated rings. The minimum absolute atomic E-state index is 0.0275. The summed E-state index contributed by atoms with van der Waals surface area (Å²) in [5, 5.41) is 12.1. The molecule has 1 atom stereocenters. The first-order chi connectivity index (χ1) is 17.0. The SMILES string of the molecule is O=C(Nc1ccoc1C(=O)N1CC(C(=O)O)C2(CC2)C1)OCC1c2ccccc2-c2ccccc21. The second kappa shape index (κ2) is 8.01. The average Bonchev–Trinajstić information content (AvgIpc) is 3.18. The molecule has 1 saturated heterocycles. The van der Waals surface area contributed by atoms with Crippen LogP contribution < -0.4 is 5.32 Å². The summed E-state index contributed by atoms with van der Waals surface area (Å²) >= 11 is 0. The molecule has 1 spiro atoms. The molecule has 2 amide bonds. The Morgan fingerprint density at radius 2 is 1.69 bits per heavy atom. The van der Waals surface area contributed by atoms with Crippen LogP contribution in [0.4, 0.5) is 10.5 Å². The van der Waals surface area contributed by atoms with E-state index in [1.165, 1.54) is 17.2 Å². The van der Waals surface area contributed by atoms with Crippen molar-refractivity contribution >= 4 is 23.7 Å². The highest BCUT2D eigenvalue weighted by Crippen LogP contribution is 2.56. The van der Waals surface area contributed by atoms with Crippen molar-refractivity contribution in [2.24, 2.45) is 11.3 Å². The van der Waals surface area contributed by atoms with Gasteiger partial charge in [-0.2, -0.15) is 0 Å². The molecule has 3 aliphatic rings. The number of furan rings is 1. The molecule has 2 aliphatic carbocycles. The van der Waals surface area contributed by atoms with Crippen LogP contribution in [0.3, 0.4) is 0 Å². The molecule has 0 bridgehead atoms. The van der Waals surface area contributed by atoms with E-state index in [4.69, 9.17) is 9.15 Å². The number of anilines is 1. The molecular weight excluding hydrogens is 448 g/mol. The Morgan fingerprint density at radius 1 is 1.03 bits per heavy atom. The Kier molecular flexibility index (Phi) is 4.91. The van der Waals surface area contributed by atoms with Gasteiger partial charge in [-0.15, -0.1) is 0 Å². The monoisotopic (exact) mass is 472 g/mol. The minimum Gasteiger partial charge on any atom is -0.481 e. The number of benzene rings is 2. The van der Waals surface area contributed by atoms with E-state index >= 15 is 0 Å². The lowest BCUT2D eigenvalue weighted by Crippen LogP contribution is -2.30. The van der Waals surface area contributed by atoms with Crippen LogP contribution in [0.1, 0.15) is 40.4 Å². The van der Waals surface area contributed by atoms with Crippen molar-refractivity contribution in [3.63, 3.8) is 0 Å². The fraction of sp³-hybridized carbons (Fsp3) is 0.296. The number of nitrogens with zero attached hydrogens (tertiary/aromatic N) is 1. The maximum atomic E-state index is 13.1. The summed E-state index contributed by atoms with van der Waals surface area (Å²) in [7, 11) is 0. The number of amides is 2. The minimum atomic E-state index is -0.880. The molecule has 8 heteroatoms. The van der Waals surface area contributed by atoms with Crippen LogP contribution in [-0.4, -0.2) is 47.7 Å². The van der Waals surface area contributed by atoms with Crippen molar-refractivity contribution in [1.29, 1.82) is 0 Å². The Balaban J connectivity index is 1.13. The Hall–Kier alpha value is -4.07. The number of carbonyl (C=O) groups excluding carboxylic acids is 2. The van der Waals surface area contributed by atoms with Gasteiger partial charge in [0.25, 0.3) is 5.91 Å². The number of rotatable bonds is 5. The predicted molar refractivity (Wildman–Crippen MR) is 126 cm³/mol. The van der Waals surface area contributed by atoms with Crippen LogP contribution in [0.15, 0.2) is 65.3 Å². The highest BCUT2D eigenvalue weighted by Gasteiger charge is 2.59. The molecular formula is C27H24N2O6. The standard InChI is InChI=1S/C27H24N2O6/c30-24(29-13-21(25(31)32)27(15-29)10-11-27)23-22(9-12-34-23)28-26(33)35-14-20-18-7-3-1-5-16(18)17-6-2-4-8-19(17)20/h1-9,12,20-21H,10-11,13-15H2,(H,28,33)(H,31,32). The van der Waals surface area contributed by atoms with Crippen molar-refractivity contribution < 1.29 is 28.6 Å². The molecule has 2 heterocycles. The fourth-order valence-corrected chi connectivity index (χ4v) is 5.59. The Labute approximate surface area is 201 Å². The average molecular weight is 472 g/mol. The smallest absolute Gasteiger partial charge is 0.411 e. The molecule has 8 nitrogen and oxygen atoms in total. The van der Waals surface area contributed by atoms with E-state index in [2.05, 4.69) is 17.4 Å². The van der Waals surface area contributed by atoms with Gasteiger partial charge in [-0.05, 0) is 35.1 Å². The summed E-state index contributed by atoms with van der Waals surface area (Å²) in [5.74, 6) is -1.99. The molecule has 1 aromatic heterocycles. The van der Waals surface area contributed by atoms with Gasteiger partial charge in [0, 0.05) is 30.5 Å². The number of carboxylic acids is 1. The predicted octanol–water partition coefficient (Wildman–Crippen LogP) is 4.58. The van der Waals surface area contributed by atoms with E-state index < -0.39 is 23.9 Å². The molecule has 3 aromatic rings. The van der Waals surface area contributed by atoms with Crippen LogP contribution in [-0.2, 0) is 9.53 Å². The van der Waals surface area contributed by atoms with Gasteiger partial charge in [-0.3, -0.25) is 14.9 Å². The molecule has 178 valence electrons. The van der Waals surface area contributed by atoms with Crippen molar-refractivity contribution in [2.75, 3.05) is 25.0 Å². The first-order valence-electron chi connectivity index (χ1n) is 11.7. The lowest BCUT2D eigenvalue weighted by molar-refractivity contribution is -0.142. The van der Waals surface area contributed by atoms with Crippen LogP contribution >= 0.6 is 0 Å². The van der Waals surface area contributed by atoms with Crippen LogP contribution in [0.25, 0.3) is 11.1 Å². The van der Waals surface area contributed by atoms with Gasteiger partial charge in [0.2, 0.25) is 5.76 Å². The number of hydrogen-bond acceptors (Lipinski definition) is 5. The van der Waals surface area contributed by atoms with Gasteiger partial charge in [0.1, 0.15) is 6.61 Å². The van der Waals surface area contributed by atoms with Gasteiger partial charge in [0.15, 0.2) is 0 Å². The van der Waals surface area contributed by atoms with Crippen molar-refractivity contribution in [3.8, 4) is 11.1 Å². The van der Waals surface area contributed by atoms with Crippen LogP contribution in [0, 0.1) is 11.3 Å². The summed E-state index contributed by atoms with van der Waals surface area (Å²) in [5.41, 5.74) is 4.37. The van der Waals surface area contributed by atoms with Gasteiger partial charge < -0.3 is 19.2 Å². The van der Waals surface area contributed by atoms with Crippen molar-refractivity contribution in [2.45, 2.75) is 18.8 Å². The van der Waals surface area contributed by atoms with Gasteiger partial charge in [0.05, 0.1) is 17.9 Å². The van der Waals surface area contributed by atoms with Gasteiger partial charge >= 0.3 is 12.1 Å². The van der Waals surface area contributed by atoms with Crippen LogP contribution in [0.2, 0.25) is 0 Å². The topological polar surface area (TPSA) is 109 Å². The fourth-order valence-electron chi connectivity index (χ4n) is 5.59. The number of hydrogen-bond donors (Lipinski definition) is 2. The highest BCUT2D eigenvalue weighted by atomic mass is 16.5. The van der Waals surface area contributed by atoms with E-state index in [1.54, 1.807) is 0 Å². The molecule has 0 radical (unpaired) electrons. The van der Waals surface area contributed by atoms with E-state index in [-0.39, 0.29) is 35.9 Å². The second-order valence-electron chi connectivity index (χ2n) is 9.55. The third-order valence-electron chi connectivity index (χ3n) is 7.57. The Bertz CT molecular complexity index is 1300. The molecule has 1 unspecified atom stereocenters. The molecule has 1 aliphatic heterocycles. The summed E-state index contributed by atoms with van der Waals surface area (Å²) in [4.78, 5) is 38.9. The van der Waals surface area contributed by atoms with Crippen molar-refractivity contribution in [1.82, 2.24) is 4.90 Å². The zero-order valence-corrected chi connectivity index (χ0v) is 18.9. The number of likely N-dealkylation sites (tertiary alicyclic amines) is 1. The largest absolute Gasteiger partial charge is 0.481 e. The molecule has 35 heavy (non-hydrogen) atoms. The lowest BCUT2D eigenvalue weighted by Gasteiger charge is -2.16. The lowest BCUT2D eigenvalue weighted by atomic mass is 9.93. The summed E-state index contributed by atoms with van der Waals surface area (Å²) in [6, 6.07) is 17.6. The van der Waals surface area contributed by atoms with E-state index in [0.717, 1.165) is 35.1 Å². The number of nitrogens with one attached hydrogen (secondary N) is 1. The van der Waals surface area contributed by atoms with Crippen molar-refractivity contribution in [3.05, 3.63) is 77.7 Å². The maximum absolute atomic E-state index is 13.1. The molecule has 2 aromatic carbocycles. The molecule has 1 saturated carbocycles. The Morgan fingerprint density at radius 3 is 2.29 bits per heavy atom. The number of carboxylic acid groups (broad SMARTS) is 1. The molecule has 2 N–H and O–H groups in total. The second-order valence-corrected chi connectivity index (χ2v) is 9.55. The number of ether oxygens (including phenoxy) is 1. The van der Waals surface area contributed by atoms with E-state index in [1.807, 2.05) is 36.4 Å². The van der Waals surface area contributed by atoms with Crippen LogP contribution in [0.5, 0.6) is 0 Å². The first-order valence-corrected chi connectivity index (χ1v) is 11.7.